The normalized spacial score (nSPS) is 13.1. The SMILES string of the molecule is COc1cc(OC)c(C(O)C(Cl)(Cl)Cl)cc1OC. The van der Waals surface area contributed by atoms with E-state index in [0.29, 0.717) is 22.8 Å². The molecule has 0 fully saturated rings. The summed E-state index contributed by atoms with van der Waals surface area (Å²) in [6, 6.07) is 3.05. The molecule has 0 heterocycles. The van der Waals surface area contributed by atoms with E-state index in [1.807, 2.05) is 0 Å². The van der Waals surface area contributed by atoms with Crippen molar-refractivity contribution < 1.29 is 19.3 Å². The van der Waals surface area contributed by atoms with Gasteiger partial charge in [-0.2, -0.15) is 0 Å². The van der Waals surface area contributed by atoms with Gasteiger partial charge >= 0.3 is 0 Å². The van der Waals surface area contributed by atoms with Crippen LogP contribution in [0.3, 0.4) is 0 Å². The molecule has 18 heavy (non-hydrogen) atoms. The van der Waals surface area contributed by atoms with Gasteiger partial charge in [0.2, 0.25) is 3.79 Å². The van der Waals surface area contributed by atoms with Crippen molar-refractivity contribution in [2.45, 2.75) is 9.90 Å². The Hall–Kier alpha value is -0.550. The predicted molar refractivity (Wildman–Crippen MR) is 71.3 cm³/mol. The summed E-state index contributed by atoms with van der Waals surface area (Å²) in [6.45, 7) is 0. The van der Waals surface area contributed by atoms with Gasteiger partial charge in [-0.3, -0.25) is 0 Å². The molecule has 0 aromatic heterocycles. The summed E-state index contributed by atoms with van der Waals surface area (Å²) in [5.41, 5.74) is 0.301. The largest absolute Gasteiger partial charge is 0.496 e. The second-order valence-corrected chi connectivity index (χ2v) is 5.76. The van der Waals surface area contributed by atoms with Crippen molar-refractivity contribution in [1.82, 2.24) is 0 Å². The summed E-state index contributed by atoms with van der Waals surface area (Å²) in [6.07, 6.45) is -1.35. The first kappa shape index (κ1) is 15.5. The van der Waals surface area contributed by atoms with E-state index >= 15 is 0 Å². The molecule has 1 N–H and O–H groups in total. The summed E-state index contributed by atoms with van der Waals surface area (Å²) >= 11 is 17.0. The van der Waals surface area contributed by atoms with E-state index in [-0.39, 0.29) is 0 Å². The van der Waals surface area contributed by atoms with Crippen LogP contribution in [0.4, 0.5) is 0 Å². The van der Waals surface area contributed by atoms with Crippen LogP contribution in [0.15, 0.2) is 12.1 Å². The fourth-order valence-corrected chi connectivity index (χ4v) is 1.80. The smallest absolute Gasteiger partial charge is 0.220 e. The molecule has 1 aromatic carbocycles. The van der Waals surface area contributed by atoms with Crippen molar-refractivity contribution in [3.63, 3.8) is 0 Å². The highest BCUT2D eigenvalue weighted by molar-refractivity contribution is 6.68. The van der Waals surface area contributed by atoms with Gasteiger partial charge in [-0.15, -0.1) is 0 Å². The topological polar surface area (TPSA) is 47.9 Å². The zero-order valence-electron chi connectivity index (χ0n) is 10.0. The van der Waals surface area contributed by atoms with E-state index < -0.39 is 9.90 Å². The lowest BCUT2D eigenvalue weighted by Gasteiger charge is -2.22. The highest BCUT2D eigenvalue weighted by Gasteiger charge is 2.35. The average molecular weight is 316 g/mol. The summed E-state index contributed by atoms with van der Waals surface area (Å²) in [5.74, 6) is 1.20. The Bertz CT molecular complexity index is 417. The Morgan fingerprint density at radius 3 is 1.78 bits per heavy atom. The maximum absolute atomic E-state index is 9.98. The molecule has 0 aliphatic heterocycles. The van der Waals surface area contributed by atoms with Crippen LogP contribution in [0.2, 0.25) is 0 Å². The third kappa shape index (κ3) is 3.26. The molecule has 0 bridgehead atoms. The summed E-state index contributed by atoms with van der Waals surface area (Å²) in [7, 11) is 4.40. The zero-order chi connectivity index (χ0) is 13.9. The van der Waals surface area contributed by atoms with Gasteiger partial charge in [0, 0.05) is 11.6 Å². The molecule has 4 nitrogen and oxygen atoms in total. The lowest BCUT2D eigenvalue weighted by atomic mass is 10.1. The number of aliphatic hydroxyl groups is 1. The van der Waals surface area contributed by atoms with Crippen LogP contribution < -0.4 is 14.2 Å². The van der Waals surface area contributed by atoms with Crippen LogP contribution in [0.25, 0.3) is 0 Å². The maximum Gasteiger partial charge on any atom is 0.220 e. The van der Waals surface area contributed by atoms with Crippen molar-refractivity contribution in [2.75, 3.05) is 21.3 Å². The third-order valence-electron chi connectivity index (χ3n) is 2.34. The molecule has 1 rings (SSSR count). The molecule has 7 heteroatoms. The van der Waals surface area contributed by atoms with Gasteiger partial charge in [0.05, 0.1) is 21.3 Å². The quantitative estimate of drug-likeness (QED) is 0.867. The molecule has 1 unspecified atom stereocenters. The molecule has 1 atom stereocenters. The van der Waals surface area contributed by atoms with Gasteiger partial charge in [0.1, 0.15) is 11.9 Å². The van der Waals surface area contributed by atoms with Crippen molar-refractivity contribution in [3.8, 4) is 17.2 Å². The van der Waals surface area contributed by atoms with Gasteiger partial charge in [-0.05, 0) is 6.07 Å². The lowest BCUT2D eigenvalue weighted by Crippen LogP contribution is -2.17. The first-order valence-electron chi connectivity index (χ1n) is 4.89. The number of hydrogen-bond donors (Lipinski definition) is 1. The number of rotatable bonds is 4. The molecule has 0 aliphatic rings. The Morgan fingerprint density at radius 1 is 0.944 bits per heavy atom. The minimum absolute atomic E-state index is 0.301. The van der Waals surface area contributed by atoms with Crippen LogP contribution >= 0.6 is 34.8 Å². The third-order valence-corrected chi connectivity index (χ3v) is 2.96. The van der Waals surface area contributed by atoms with Crippen LogP contribution in [-0.2, 0) is 0 Å². The summed E-state index contributed by atoms with van der Waals surface area (Å²) in [4.78, 5) is 0. The van der Waals surface area contributed by atoms with Crippen molar-refractivity contribution in [1.29, 1.82) is 0 Å². The van der Waals surface area contributed by atoms with Crippen molar-refractivity contribution >= 4 is 34.8 Å². The Morgan fingerprint density at radius 2 is 1.39 bits per heavy atom. The number of ether oxygens (including phenoxy) is 3. The van der Waals surface area contributed by atoms with Crippen molar-refractivity contribution in [3.05, 3.63) is 17.7 Å². The van der Waals surface area contributed by atoms with E-state index in [4.69, 9.17) is 49.0 Å². The van der Waals surface area contributed by atoms with Crippen molar-refractivity contribution in [2.24, 2.45) is 0 Å². The molecule has 0 aliphatic carbocycles. The second kappa shape index (κ2) is 6.06. The molecule has 102 valence electrons. The maximum atomic E-state index is 9.98. The standard InChI is InChI=1S/C11H13Cl3O4/c1-16-7-5-9(18-3)8(17-2)4-6(7)10(15)11(12,13)14/h4-5,10,15H,1-3H3. The number of hydrogen-bond acceptors (Lipinski definition) is 4. The highest BCUT2D eigenvalue weighted by atomic mass is 35.6. The number of alkyl halides is 3. The predicted octanol–water partition coefficient (Wildman–Crippen LogP) is 3.12. The molecule has 0 amide bonds. The van der Waals surface area contributed by atoms with Gasteiger partial charge < -0.3 is 19.3 Å². The second-order valence-electron chi connectivity index (χ2n) is 3.39. The zero-order valence-corrected chi connectivity index (χ0v) is 12.3. The number of aliphatic hydroxyl groups excluding tert-OH is 1. The minimum Gasteiger partial charge on any atom is -0.496 e. The Labute approximate surface area is 120 Å². The molecule has 0 spiro atoms. The molecular formula is C11H13Cl3O4. The molecular weight excluding hydrogens is 302 g/mol. The first-order valence-corrected chi connectivity index (χ1v) is 6.03. The number of methoxy groups -OCH3 is 3. The van der Waals surface area contributed by atoms with Crippen LogP contribution in [0, 0.1) is 0 Å². The highest BCUT2D eigenvalue weighted by Crippen LogP contribution is 2.45. The van der Waals surface area contributed by atoms with E-state index in [0.717, 1.165) is 0 Å². The van der Waals surface area contributed by atoms with Crippen LogP contribution in [0.5, 0.6) is 17.2 Å². The van der Waals surface area contributed by atoms with E-state index in [9.17, 15) is 5.11 Å². The number of benzene rings is 1. The fourth-order valence-electron chi connectivity index (χ4n) is 1.44. The first-order chi connectivity index (χ1) is 8.35. The fraction of sp³-hybridized carbons (Fsp3) is 0.455. The molecule has 0 radical (unpaired) electrons. The lowest BCUT2D eigenvalue weighted by molar-refractivity contribution is 0.177. The van der Waals surface area contributed by atoms with E-state index in [1.54, 1.807) is 6.07 Å². The number of halogens is 3. The average Bonchev–Trinajstić information content (AvgIpc) is 2.34. The van der Waals surface area contributed by atoms with E-state index in [1.165, 1.54) is 27.4 Å². The van der Waals surface area contributed by atoms with Crippen LogP contribution in [-0.4, -0.2) is 30.2 Å². The van der Waals surface area contributed by atoms with E-state index in [2.05, 4.69) is 0 Å². The molecule has 1 aromatic rings. The monoisotopic (exact) mass is 314 g/mol. The van der Waals surface area contributed by atoms with Crippen LogP contribution in [0.1, 0.15) is 11.7 Å². The summed E-state index contributed by atoms with van der Waals surface area (Å²) < 4.78 is 13.5. The molecule has 0 saturated carbocycles. The molecule has 0 saturated heterocycles. The van der Waals surface area contributed by atoms with Gasteiger partial charge in [0.15, 0.2) is 11.5 Å². The van der Waals surface area contributed by atoms with Gasteiger partial charge in [0.25, 0.3) is 0 Å². The van der Waals surface area contributed by atoms with Gasteiger partial charge in [-0.25, -0.2) is 0 Å². The summed E-state index contributed by atoms with van der Waals surface area (Å²) in [5, 5.41) is 9.98. The Kier molecular flexibility index (Phi) is 5.22. The van der Waals surface area contributed by atoms with Gasteiger partial charge in [-0.1, -0.05) is 34.8 Å². The minimum atomic E-state index is -1.87. The Balaban J connectivity index is 3.34.